The first kappa shape index (κ1) is 13.0. The van der Waals surface area contributed by atoms with Gasteiger partial charge in [0, 0.05) is 38.5 Å². The fourth-order valence-corrected chi connectivity index (χ4v) is 3.22. The van der Waals surface area contributed by atoms with E-state index in [4.69, 9.17) is 4.74 Å². The lowest BCUT2D eigenvalue weighted by Gasteiger charge is -2.27. The summed E-state index contributed by atoms with van der Waals surface area (Å²) in [6, 6.07) is 0.0669. The topological polar surface area (TPSA) is 69.8 Å². The molecular weight excluding hydrogens is 268 g/mol. The molecule has 2 unspecified atom stereocenters. The summed E-state index contributed by atoms with van der Waals surface area (Å²) in [5.41, 5.74) is 1.13. The number of nitrogens with zero attached hydrogens (tertiary/aromatic N) is 5. The molecule has 0 aromatic carbocycles. The monoisotopic (exact) mass is 288 g/mol. The van der Waals surface area contributed by atoms with Crippen LogP contribution in [0.5, 0.6) is 0 Å². The van der Waals surface area contributed by atoms with Crippen LogP contribution in [0.1, 0.15) is 48.6 Å². The van der Waals surface area contributed by atoms with Crippen LogP contribution in [0.25, 0.3) is 0 Å². The molecule has 0 spiro atoms. The van der Waals surface area contributed by atoms with Crippen molar-refractivity contribution < 1.29 is 4.74 Å². The molecule has 4 rings (SSSR count). The van der Waals surface area contributed by atoms with E-state index in [2.05, 4.69) is 25.2 Å². The van der Waals surface area contributed by atoms with E-state index in [0.29, 0.717) is 0 Å². The van der Waals surface area contributed by atoms with Crippen LogP contribution in [-0.2, 0) is 18.3 Å². The van der Waals surface area contributed by atoms with Crippen molar-refractivity contribution in [1.82, 2.24) is 29.9 Å². The molecule has 0 amide bonds. The highest BCUT2D eigenvalue weighted by molar-refractivity contribution is 5.22. The zero-order valence-electron chi connectivity index (χ0n) is 12.2. The molecule has 112 valence electrons. The molecule has 2 aromatic heterocycles. The fourth-order valence-electron chi connectivity index (χ4n) is 3.22. The number of aromatic nitrogens is 5. The van der Waals surface area contributed by atoms with Crippen molar-refractivity contribution in [3.8, 4) is 0 Å². The highest BCUT2D eigenvalue weighted by Crippen LogP contribution is 2.30. The molecular formula is C14H20N6O. The smallest absolute Gasteiger partial charge is 0.162 e. The molecule has 7 nitrogen and oxygen atoms in total. The van der Waals surface area contributed by atoms with Crippen LogP contribution < -0.4 is 5.32 Å². The zero-order valence-corrected chi connectivity index (χ0v) is 12.2. The van der Waals surface area contributed by atoms with Gasteiger partial charge in [0.15, 0.2) is 11.6 Å². The van der Waals surface area contributed by atoms with Gasteiger partial charge in [0.25, 0.3) is 0 Å². The Bertz CT molecular complexity index is 627. The molecule has 2 atom stereocenters. The summed E-state index contributed by atoms with van der Waals surface area (Å²) in [5, 5.41) is 16.6. The van der Waals surface area contributed by atoms with Crippen molar-refractivity contribution in [2.45, 2.75) is 38.0 Å². The molecule has 2 aromatic rings. The van der Waals surface area contributed by atoms with Crippen LogP contribution in [0.4, 0.5) is 0 Å². The summed E-state index contributed by atoms with van der Waals surface area (Å²) in [7, 11) is 1.93. The van der Waals surface area contributed by atoms with E-state index < -0.39 is 0 Å². The van der Waals surface area contributed by atoms with Crippen molar-refractivity contribution in [2.24, 2.45) is 7.05 Å². The number of aryl methyl sites for hydroxylation is 1. The minimum absolute atomic E-state index is 0.0669. The van der Waals surface area contributed by atoms with E-state index in [-0.39, 0.29) is 12.1 Å². The van der Waals surface area contributed by atoms with Gasteiger partial charge in [-0.05, 0) is 19.3 Å². The van der Waals surface area contributed by atoms with Crippen LogP contribution >= 0.6 is 0 Å². The average molecular weight is 288 g/mol. The Balaban J connectivity index is 1.68. The second kappa shape index (κ2) is 5.23. The van der Waals surface area contributed by atoms with E-state index in [1.54, 1.807) is 0 Å². The highest BCUT2D eigenvalue weighted by Gasteiger charge is 2.30. The van der Waals surface area contributed by atoms with Gasteiger partial charge in [-0.15, -0.1) is 10.2 Å². The molecule has 7 heteroatoms. The molecule has 1 N–H and O–H groups in total. The summed E-state index contributed by atoms with van der Waals surface area (Å²) < 4.78 is 9.92. The van der Waals surface area contributed by atoms with Crippen LogP contribution in [-0.4, -0.2) is 37.7 Å². The van der Waals surface area contributed by atoms with Crippen molar-refractivity contribution in [2.75, 3.05) is 13.2 Å². The van der Waals surface area contributed by atoms with E-state index in [0.717, 1.165) is 49.8 Å². The van der Waals surface area contributed by atoms with E-state index in [9.17, 15) is 0 Å². The Morgan fingerprint density at radius 1 is 1.29 bits per heavy atom. The minimum Gasteiger partial charge on any atom is -0.370 e. The SMILES string of the molecule is Cn1cc(C2NCCn3c(C4CCCCO4)nnc32)cn1. The highest BCUT2D eigenvalue weighted by atomic mass is 16.5. The Kier molecular flexibility index (Phi) is 3.23. The number of fused-ring (bicyclic) bond motifs is 1. The maximum Gasteiger partial charge on any atom is 0.162 e. The first-order valence-corrected chi connectivity index (χ1v) is 7.59. The summed E-state index contributed by atoms with van der Waals surface area (Å²) in [6.45, 7) is 2.63. The van der Waals surface area contributed by atoms with Crippen molar-refractivity contribution in [1.29, 1.82) is 0 Å². The molecule has 0 saturated carbocycles. The second-order valence-electron chi connectivity index (χ2n) is 5.76. The Morgan fingerprint density at radius 2 is 2.19 bits per heavy atom. The standard InChI is InChI=1S/C14H20N6O/c1-19-9-10(8-16-19)12-14-18-17-13(20(14)6-5-15-12)11-4-2-3-7-21-11/h8-9,11-12,15H,2-7H2,1H3. The number of rotatable bonds is 2. The summed E-state index contributed by atoms with van der Waals surface area (Å²) in [5.74, 6) is 1.96. The van der Waals surface area contributed by atoms with Gasteiger partial charge in [-0.3, -0.25) is 4.68 Å². The Morgan fingerprint density at radius 3 is 2.95 bits per heavy atom. The van der Waals surface area contributed by atoms with Gasteiger partial charge in [-0.2, -0.15) is 5.10 Å². The largest absolute Gasteiger partial charge is 0.370 e. The zero-order chi connectivity index (χ0) is 14.2. The van der Waals surface area contributed by atoms with Crippen molar-refractivity contribution >= 4 is 0 Å². The van der Waals surface area contributed by atoms with Gasteiger partial charge < -0.3 is 14.6 Å². The second-order valence-corrected chi connectivity index (χ2v) is 5.76. The van der Waals surface area contributed by atoms with Gasteiger partial charge in [0.2, 0.25) is 0 Å². The van der Waals surface area contributed by atoms with E-state index >= 15 is 0 Å². The van der Waals surface area contributed by atoms with Crippen LogP contribution in [0.3, 0.4) is 0 Å². The number of hydrogen-bond acceptors (Lipinski definition) is 5. The predicted octanol–water partition coefficient (Wildman–Crippen LogP) is 0.946. The minimum atomic E-state index is 0.0669. The van der Waals surface area contributed by atoms with Gasteiger partial charge in [-0.1, -0.05) is 0 Å². The molecule has 21 heavy (non-hydrogen) atoms. The first-order valence-electron chi connectivity index (χ1n) is 7.59. The molecule has 1 saturated heterocycles. The lowest BCUT2D eigenvalue weighted by atomic mass is 10.1. The third-order valence-electron chi connectivity index (χ3n) is 4.28. The molecule has 2 aliphatic rings. The maximum absolute atomic E-state index is 5.87. The maximum atomic E-state index is 5.87. The van der Waals surface area contributed by atoms with Gasteiger partial charge in [0.05, 0.1) is 12.2 Å². The third kappa shape index (κ3) is 2.26. The molecule has 2 aliphatic heterocycles. The fraction of sp³-hybridized carbons (Fsp3) is 0.643. The van der Waals surface area contributed by atoms with E-state index in [1.807, 2.05) is 24.1 Å². The third-order valence-corrected chi connectivity index (χ3v) is 4.28. The van der Waals surface area contributed by atoms with Crippen molar-refractivity contribution in [3.05, 3.63) is 29.6 Å². The van der Waals surface area contributed by atoms with Crippen LogP contribution in [0, 0.1) is 0 Å². The molecule has 4 heterocycles. The number of nitrogens with one attached hydrogen (secondary N) is 1. The lowest BCUT2D eigenvalue weighted by Crippen LogP contribution is -2.35. The van der Waals surface area contributed by atoms with Crippen molar-refractivity contribution in [3.63, 3.8) is 0 Å². The quantitative estimate of drug-likeness (QED) is 0.891. The first-order chi connectivity index (χ1) is 10.3. The predicted molar refractivity (Wildman–Crippen MR) is 75.6 cm³/mol. The van der Waals surface area contributed by atoms with Crippen LogP contribution in [0.15, 0.2) is 12.4 Å². The molecule has 0 aliphatic carbocycles. The van der Waals surface area contributed by atoms with Gasteiger partial charge in [0.1, 0.15) is 6.10 Å². The molecule has 1 fully saturated rings. The summed E-state index contributed by atoms with van der Waals surface area (Å²) >= 11 is 0. The van der Waals surface area contributed by atoms with E-state index in [1.165, 1.54) is 6.42 Å². The van der Waals surface area contributed by atoms with Gasteiger partial charge >= 0.3 is 0 Å². The summed E-state index contributed by atoms with van der Waals surface area (Å²) in [4.78, 5) is 0. The lowest BCUT2D eigenvalue weighted by molar-refractivity contribution is 0.00678. The number of ether oxygens (including phenoxy) is 1. The van der Waals surface area contributed by atoms with Gasteiger partial charge in [-0.25, -0.2) is 0 Å². The Labute approximate surface area is 123 Å². The number of hydrogen-bond donors (Lipinski definition) is 1. The average Bonchev–Trinajstić information content (AvgIpc) is 3.14. The Hall–Kier alpha value is -1.73. The normalized spacial score (nSPS) is 25.8. The van der Waals surface area contributed by atoms with Crippen LogP contribution in [0.2, 0.25) is 0 Å². The molecule has 0 radical (unpaired) electrons. The molecule has 0 bridgehead atoms. The summed E-state index contributed by atoms with van der Waals surface area (Å²) in [6.07, 6.45) is 7.42.